The standard InChI is InChI=1S/C14H7F3O3/c15-14(16,17)20-8-5-6-9-10-3-1-2-4-12(10)19-13(18)11(9)7-8/h1-7H. The normalized spacial score (nSPS) is 11.9. The van der Waals surface area contributed by atoms with Gasteiger partial charge in [0.1, 0.15) is 11.3 Å². The molecule has 0 amide bonds. The fourth-order valence-corrected chi connectivity index (χ4v) is 2.06. The van der Waals surface area contributed by atoms with Crippen LogP contribution in [0, 0.1) is 0 Å². The molecule has 0 aliphatic carbocycles. The van der Waals surface area contributed by atoms with E-state index < -0.39 is 17.7 Å². The molecule has 0 spiro atoms. The van der Waals surface area contributed by atoms with E-state index in [-0.39, 0.29) is 5.39 Å². The fraction of sp³-hybridized carbons (Fsp3) is 0.0714. The van der Waals surface area contributed by atoms with Crippen LogP contribution in [0.3, 0.4) is 0 Å². The zero-order valence-electron chi connectivity index (χ0n) is 9.90. The molecule has 0 fully saturated rings. The van der Waals surface area contributed by atoms with E-state index in [1.807, 2.05) is 0 Å². The molecular formula is C14H7F3O3. The summed E-state index contributed by atoms with van der Waals surface area (Å²) in [4.78, 5) is 11.8. The van der Waals surface area contributed by atoms with Gasteiger partial charge in [-0.05, 0) is 24.3 Å². The molecule has 102 valence electrons. The van der Waals surface area contributed by atoms with Crippen molar-refractivity contribution in [2.45, 2.75) is 6.36 Å². The Bertz CT molecular complexity index is 850. The van der Waals surface area contributed by atoms with Crippen molar-refractivity contribution in [1.29, 1.82) is 0 Å². The summed E-state index contributed by atoms with van der Waals surface area (Å²) < 4.78 is 45.4. The molecule has 1 heterocycles. The summed E-state index contributed by atoms with van der Waals surface area (Å²) in [6.07, 6.45) is -4.80. The molecular weight excluding hydrogens is 273 g/mol. The van der Waals surface area contributed by atoms with Gasteiger partial charge in [0.05, 0.1) is 5.39 Å². The van der Waals surface area contributed by atoms with Crippen LogP contribution in [0.4, 0.5) is 13.2 Å². The first kappa shape index (κ1) is 12.5. The van der Waals surface area contributed by atoms with Crippen LogP contribution in [0.25, 0.3) is 21.7 Å². The highest BCUT2D eigenvalue weighted by molar-refractivity contribution is 6.04. The van der Waals surface area contributed by atoms with E-state index in [1.54, 1.807) is 24.3 Å². The third-order valence-corrected chi connectivity index (χ3v) is 2.82. The Kier molecular flexibility index (Phi) is 2.67. The van der Waals surface area contributed by atoms with Crippen molar-refractivity contribution < 1.29 is 22.3 Å². The summed E-state index contributed by atoms with van der Waals surface area (Å²) >= 11 is 0. The van der Waals surface area contributed by atoms with E-state index >= 15 is 0 Å². The van der Waals surface area contributed by atoms with Crippen molar-refractivity contribution in [2.24, 2.45) is 0 Å². The Hall–Kier alpha value is -2.50. The molecule has 0 aliphatic rings. The van der Waals surface area contributed by atoms with Crippen LogP contribution in [-0.2, 0) is 0 Å². The molecule has 0 atom stereocenters. The van der Waals surface area contributed by atoms with Crippen molar-refractivity contribution >= 4 is 21.7 Å². The van der Waals surface area contributed by atoms with Gasteiger partial charge in [-0.15, -0.1) is 13.2 Å². The number of ether oxygens (including phenoxy) is 1. The van der Waals surface area contributed by atoms with E-state index in [4.69, 9.17) is 4.42 Å². The van der Waals surface area contributed by atoms with Gasteiger partial charge < -0.3 is 9.15 Å². The lowest BCUT2D eigenvalue weighted by Crippen LogP contribution is -2.17. The van der Waals surface area contributed by atoms with E-state index in [2.05, 4.69) is 4.74 Å². The van der Waals surface area contributed by atoms with Gasteiger partial charge in [-0.1, -0.05) is 18.2 Å². The zero-order chi connectivity index (χ0) is 14.3. The first-order valence-electron chi connectivity index (χ1n) is 5.65. The molecule has 3 aromatic rings. The molecule has 3 rings (SSSR count). The van der Waals surface area contributed by atoms with Crippen LogP contribution < -0.4 is 10.4 Å². The highest BCUT2D eigenvalue weighted by atomic mass is 19.4. The van der Waals surface area contributed by atoms with Crippen LogP contribution in [0.5, 0.6) is 5.75 Å². The number of fused-ring (bicyclic) bond motifs is 3. The fourth-order valence-electron chi connectivity index (χ4n) is 2.06. The van der Waals surface area contributed by atoms with Crippen molar-refractivity contribution in [2.75, 3.05) is 0 Å². The number of hydrogen-bond donors (Lipinski definition) is 0. The van der Waals surface area contributed by atoms with Gasteiger partial charge in [-0.25, -0.2) is 4.79 Å². The van der Waals surface area contributed by atoms with Crippen LogP contribution >= 0.6 is 0 Å². The Balaban J connectivity index is 2.28. The number of hydrogen-bond acceptors (Lipinski definition) is 3. The number of rotatable bonds is 1. The minimum Gasteiger partial charge on any atom is -0.422 e. The van der Waals surface area contributed by atoms with Gasteiger partial charge in [0.25, 0.3) is 0 Å². The predicted octanol–water partition coefficient (Wildman–Crippen LogP) is 3.84. The number of para-hydroxylation sites is 1. The summed E-state index contributed by atoms with van der Waals surface area (Å²) in [7, 11) is 0. The van der Waals surface area contributed by atoms with E-state index in [0.29, 0.717) is 16.4 Å². The van der Waals surface area contributed by atoms with E-state index in [9.17, 15) is 18.0 Å². The van der Waals surface area contributed by atoms with Crippen molar-refractivity contribution in [3.8, 4) is 5.75 Å². The zero-order valence-corrected chi connectivity index (χ0v) is 9.90. The molecule has 0 aliphatic heterocycles. The number of benzene rings is 2. The highest BCUT2D eigenvalue weighted by Crippen LogP contribution is 2.28. The second-order valence-corrected chi connectivity index (χ2v) is 4.14. The van der Waals surface area contributed by atoms with Gasteiger partial charge in [0, 0.05) is 10.8 Å². The summed E-state index contributed by atoms with van der Waals surface area (Å²) in [5, 5.41) is 1.22. The second kappa shape index (κ2) is 4.26. The molecule has 0 saturated heterocycles. The monoisotopic (exact) mass is 280 g/mol. The van der Waals surface area contributed by atoms with Crippen LogP contribution in [-0.4, -0.2) is 6.36 Å². The average molecular weight is 280 g/mol. The largest absolute Gasteiger partial charge is 0.573 e. The molecule has 20 heavy (non-hydrogen) atoms. The highest BCUT2D eigenvalue weighted by Gasteiger charge is 2.31. The van der Waals surface area contributed by atoms with Crippen molar-refractivity contribution in [3.05, 3.63) is 52.9 Å². The molecule has 0 radical (unpaired) electrons. The third-order valence-electron chi connectivity index (χ3n) is 2.82. The van der Waals surface area contributed by atoms with Gasteiger partial charge in [-0.3, -0.25) is 0 Å². The summed E-state index contributed by atoms with van der Waals surface area (Å²) in [5.74, 6) is -0.451. The average Bonchev–Trinajstić information content (AvgIpc) is 2.37. The maximum atomic E-state index is 12.2. The van der Waals surface area contributed by atoms with Gasteiger partial charge in [0.2, 0.25) is 0 Å². The van der Waals surface area contributed by atoms with Gasteiger partial charge in [-0.2, -0.15) is 0 Å². The van der Waals surface area contributed by atoms with Crippen molar-refractivity contribution in [1.82, 2.24) is 0 Å². The molecule has 1 aromatic heterocycles. The maximum absolute atomic E-state index is 12.2. The minimum absolute atomic E-state index is 0.0467. The molecule has 0 N–H and O–H groups in total. The summed E-state index contributed by atoms with van der Waals surface area (Å²) in [6, 6.07) is 10.4. The second-order valence-electron chi connectivity index (χ2n) is 4.14. The number of halogens is 3. The smallest absolute Gasteiger partial charge is 0.422 e. The molecule has 0 saturated carbocycles. The van der Waals surface area contributed by atoms with E-state index in [1.165, 1.54) is 12.1 Å². The quantitative estimate of drug-likeness (QED) is 0.502. The first-order valence-corrected chi connectivity index (χ1v) is 5.65. The lowest BCUT2D eigenvalue weighted by molar-refractivity contribution is -0.274. The molecule has 6 heteroatoms. The molecule has 3 nitrogen and oxygen atoms in total. The lowest BCUT2D eigenvalue weighted by atomic mass is 10.1. The van der Waals surface area contributed by atoms with Crippen molar-refractivity contribution in [3.63, 3.8) is 0 Å². The van der Waals surface area contributed by atoms with Gasteiger partial charge >= 0.3 is 12.0 Å². The predicted molar refractivity (Wildman–Crippen MR) is 66.7 cm³/mol. The lowest BCUT2D eigenvalue weighted by Gasteiger charge is -2.09. The minimum atomic E-state index is -4.80. The Morgan fingerprint density at radius 1 is 0.950 bits per heavy atom. The van der Waals surface area contributed by atoms with Crippen LogP contribution in [0.2, 0.25) is 0 Å². The molecule has 2 aromatic carbocycles. The van der Waals surface area contributed by atoms with Crippen LogP contribution in [0.1, 0.15) is 0 Å². The molecule has 0 unspecified atom stereocenters. The summed E-state index contributed by atoms with van der Waals surface area (Å²) in [6.45, 7) is 0. The van der Waals surface area contributed by atoms with Gasteiger partial charge in [0.15, 0.2) is 0 Å². The van der Waals surface area contributed by atoms with E-state index in [0.717, 1.165) is 6.07 Å². The third kappa shape index (κ3) is 2.20. The molecule has 0 bridgehead atoms. The topological polar surface area (TPSA) is 39.4 Å². The Morgan fingerprint density at radius 2 is 1.70 bits per heavy atom. The number of alkyl halides is 3. The van der Waals surface area contributed by atoms with Crippen LogP contribution in [0.15, 0.2) is 51.7 Å². The Morgan fingerprint density at radius 3 is 2.45 bits per heavy atom. The SMILES string of the molecule is O=c1oc2ccccc2c2ccc(OC(F)(F)F)cc12. The first-order chi connectivity index (χ1) is 9.44. The summed E-state index contributed by atoms with van der Waals surface area (Å²) in [5.41, 5.74) is -0.319. The Labute approximate surface area is 110 Å². The maximum Gasteiger partial charge on any atom is 0.573 e.